The molecule has 0 aromatic carbocycles. The van der Waals surface area contributed by atoms with Crippen LogP contribution >= 0.6 is 0 Å². The second-order valence-corrected chi connectivity index (χ2v) is 6.18. The molecular formula is C16H22N4O. The van der Waals surface area contributed by atoms with Crippen LogP contribution in [0.5, 0.6) is 5.88 Å². The summed E-state index contributed by atoms with van der Waals surface area (Å²) >= 11 is 0. The summed E-state index contributed by atoms with van der Waals surface area (Å²) in [5.41, 5.74) is 1.75. The fourth-order valence-electron chi connectivity index (χ4n) is 3.82. The number of hydrogen-bond donors (Lipinski definition) is 2. The molecule has 2 aliphatic rings. The molecule has 0 radical (unpaired) electrons. The molecule has 1 saturated carbocycles. The van der Waals surface area contributed by atoms with Gasteiger partial charge >= 0.3 is 0 Å². The Labute approximate surface area is 124 Å². The molecule has 112 valence electrons. The first-order chi connectivity index (χ1) is 10.3. The number of aromatic nitrogens is 3. The summed E-state index contributed by atoms with van der Waals surface area (Å²) < 4.78 is 5.45. The summed E-state index contributed by atoms with van der Waals surface area (Å²) in [4.78, 5) is 12.6. The van der Waals surface area contributed by atoms with E-state index in [0.717, 1.165) is 22.9 Å². The average molecular weight is 286 g/mol. The van der Waals surface area contributed by atoms with E-state index in [9.17, 15) is 0 Å². The molecule has 2 aromatic heterocycles. The lowest BCUT2D eigenvalue weighted by Crippen LogP contribution is -2.30. The highest BCUT2D eigenvalue weighted by molar-refractivity contribution is 5.71. The molecule has 1 aliphatic carbocycles. The van der Waals surface area contributed by atoms with Gasteiger partial charge in [-0.2, -0.15) is 4.98 Å². The van der Waals surface area contributed by atoms with Crippen LogP contribution in [-0.4, -0.2) is 27.6 Å². The Bertz CT molecular complexity index is 624. The third-order valence-electron chi connectivity index (χ3n) is 4.82. The summed E-state index contributed by atoms with van der Waals surface area (Å²) in [6.07, 6.45) is 6.62. The summed E-state index contributed by atoms with van der Waals surface area (Å²) in [7, 11) is 0. The molecule has 1 saturated heterocycles. The molecule has 4 rings (SSSR count). The van der Waals surface area contributed by atoms with Crippen molar-refractivity contribution in [1.82, 2.24) is 20.3 Å². The standard InChI is InChI=1S/C16H22N4O/c1-2-21-14-8-7-12-15(19-14)20-16(18-12)13-9-10-5-3-4-6-11(10)17-13/h7-8,10-11,13,17H,2-6,9H2,1H3,(H,18,19,20). The van der Waals surface area contributed by atoms with Crippen LogP contribution in [0.3, 0.4) is 0 Å². The van der Waals surface area contributed by atoms with Crippen LogP contribution in [-0.2, 0) is 0 Å². The number of nitrogens with one attached hydrogen (secondary N) is 2. The van der Waals surface area contributed by atoms with Crippen LogP contribution < -0.4 is 10.1 Å². The number of aromatic amines is 1. The smallest absolute Gasteiger partial charge is 0.215 e. The topological polar surface area (TPSA) is 62.8 Å². The van der Waals surface area contributed by atoms with Crippen LogP contribution in [0.2, 0.25) is 0 Å². The number of nitrogens with zero attached hydrogens (tertiary/aromatic N) is 2. The fourth-order valence-corrected chi connectivity index (χ4v) is 3.82. The van der Waals surface area contributed by atoms with E-state index in [1.54, 1.807) is 0 Å². The van der Waals surface area contributed by atoms with Gasteiger partial charge in [0.05, 0.1) is 18.2 Å². The molecule has 3 heterocycles. The Balaban J connectivity index is 1.59. The van der Waals surface area contributed by atoms with Gasteiger partial charge in [0.25, 0.3) is 0 Å². The lowest BCUT2D eigenvalue weighted by atomic mass is 9.85. The van der Waals surface area contributed by atoms with Gasteiger partial charge < -0.3 is 15.0 Å². The van der Waals surface area contributed by atoms with Crippen LogP contribution in [0.1, 0.15) is 50.9 Å². The van der Waals surface area contributed by atoms with Crippen LogP contribution in [0.4, 0.5) is 0 Å². The van der Waals surface area contributed by atoms with Crippen molar-refractivity contribution < 1.29 is 4.74 Å². The van der Waals surface area contributed by atoms with Crippen LogP contribution in [0.25, 0.3) is 11.2 Å². The van der Waals surface area contributed by atoms with Crippen LogP contribution in [0.15, 0.2) is 12.1 Å². The zero-order chi connectivity index (χ0) is 14.2. The van der Waals surface area contributed by atoms with Gasteiger partial charge in [0.15, 0.2) is 5.65 Å². The Morgan fingerprint density at radius 1 is 1.24 bits per heavy atom. The number of imidazole rings is 1. The van der Waals surface area contributed by atoms with Gasteiger partial charge in [-0.15, -0.1) is 0 Å². The molecule has 2 N–H and O–H groups in total. The Kier molecular flexibility index (Phi) is 3.30. The lowest BCUT2D eigenvalue weighted by molar-refractivity contribution is 0.325. The van der Waals surface area contributed by atoms with E-state index < -0.39 is 0 Å². The van der Waals surface area contributed by atoms with E-state index in [4.69, 9.17) is 4.74 Å². The molecule has 3 atom stereocenters. The Hall–Kier alpha value is -1.62. The zero-order valence-electron chi connectivity index (χ0n) is 12.4. The molecule has 0 spiro atoms. The number of rotatable bonds is 3. The van der Waals surface area contributed by atoms with Crippen LogP contribution in [0, 0.1) is 5.92 Å². The average Bonchev–Trinajstić information content (AvgIpc) is 3.10. The normalized spacial score (nSPS) is 28.7. The highest BCUT2D eigenvalue weighted by Gasteiger charge is 2.36. The van der Waals surface area contributed by atoms with E-state index in [2.05, 4.69) is 20.3 Å². The summed E-state index contributed by atoms with van der Waals surface area (Å²) in [5, 5.41) is 3.76. The van der Waals surface area contributed by atoms with E-state index in [0.29, 0.717) is 24.6 Å². The maximum absolute atomic E-state index is 5.45. The maximum atomic E-state index is 5.45. The number of hydrogen-bond acceptors (Lipinski definition) is 4. The molecule has 5 nitrogen and oxygen atoms in total. The second kappa shape index (κ2) is 5.30. The monoisotopic (exact) mass is 286 g/mol. The molecule has 0 bridgehead atoms. The molecular weight excluding hydrogens is 264 g/mol. The van der Waals surface area contributed by atoms with Crippen molar-refractivity contribution in [3.05, 3.63) is 18.0 Å². The minimum Gasteiger partial charge on any atom is -0.478 e. The quantitative estimate of drug-likeness (QED) is 0.910. The fraction of sp³-hybridized carbons (Fsp3) is 0.625. The minimum atomic E-state index is 0.350. The number of ether oxygens (including phenoxy) is 1. The molecule has 0 amide bonds. The maximum Gasteiger partial charge on any atom is 0.215 e. The first kappa shape index (κ1) is 13.1. The van der Waals surface area contributed by atoms with Crippen molar-refractivity contribution >= 4 is 11.2 Å². The van der Waals surface area contributed by atoms with E-state index >= 15 is 0 Å². The largest absolute Gasteiger partial charge is 0.478 e. The summed E-state index contributed by atoms with van der Waals surface area (Å²) in [5.74, 6) is 2.50. The highest BCUT2D eigenvalue weighted by Crippen LogP contribution is 2.38. The number of pyridine rings is 1. The van der Waals surface area contributed by atoms with Crippen molar-refractivity contribution in [2.24, 2.45) is 5.92 Å². The van der Waals surface area contributed by atoms with Gasteiger partial charge in [0.2, 0.25) is 5.88 Å². The predicted octanol–water partition coefficient (Wildman–Crippen LogP) is 2.95. The van der Waals surface area contributed by atoms with Gasteiger partial charge in [0.1, 0.15) is 5.82 Å². The Morgan fingerprint density at radius 3 is 3.00 bits per heavy atom. The van der Waals surface area contributed by atoms with Gasteiger partial charge in [-0.1, -0.05) is 12.8 Å². The number of fused-ring (bicyclic) bond motifs is 2. The minimum absolute atomic E-state index is 0.350. The molecule has 2 fully saturated rings. The highest BCUT2D eigenvalue weighted by atomic mass is 16.5. The zero-order valence-corrected chi connectivity index (χ0v) is 12.4. The SMILES string of the molecule is CCOc1ccc2[nH]c(C3CC4CCCCC4N3)nc2n1. The predicted molar refractivity (Wildman–Crippen MR) is 81.3 cm³/mol. The molecule has 5 heteroatoms. The van der Waals surface area contributed by atoms with Crippen molar-refractivity contribution in [3.8, 4) is 5.88 Å². The molecule has 1 aliphatic heterocycles. The molecule has 2 aromatic rings. The first-order valence-electron chi connectivity index (χ1n) is 8.09. The lowest BCUT2D eigenvalue weighted by Gasteiger charge is -2.24. The summed E-state index contributed by atoms with van der Waals surface area (Å²) in [6.45, 7) is 2.59. The third kappa shape index (κ3) is 2.39. The molecule has 21 heavy (non-hydrogen) atoms. The van der Waals surface area contributed by atoms with Crippen molar-refractivity contribution in [2.45, 2.75) is 51.1 Å². The van der Waals surface area contributed by atoms with Gasteiger partial charge in [-0.3, -0.25) is 0 Å². The van der Waals surface area contributed by atoms with Crippen molar-refractivity contribution in [2.75, 3.05) is 6.61 Å². The summed E-state index contributed by atoms with van der Waals surface area (Å²) in [6, 6.07) is 4.94. The van der Waals surface area contributed by atoms with E-state index in [1.807, 2.05) is 19.1 Å². The van der Waals surface area contributed by atoms with Gasteiger partial charge in [-0.05, 0) is 38.2 Å². The van der Waals surface area contributed by atoms with E-state index in [1.165, 1.54) is 32.1 Å². The first-order valence-corrected chi connectivity index (χ1v) is 8.09. The molecule has 3 unspecified atom stereocenters. The third-order valence-corrected chi connectivity index (χ3v) is 4.82. The Morgan fingerprint density at radius 2 is 2.14 bits per heavy atom. The number of H-pyrrole nitrogens is 1. The van der Waals surface area contributed by atoms with Gasteiger partial charge in [-0.25, -0.2) is 4.98 Å². The van der Waals surface area contributed by atoms with E-state index in [-0.39, 0.29) is 0 Å². The van der Waals surface area contributed by atoms with Crippen molar-refractivity contribution in [1.29, 1.82) is 0 Å². The second-order valence-electron chi connectivity index (χ2n) is 6.18. The van der Waals surface area contributed by atoms with Gasteiger partial charge in [0, 0.05) is 12.1 Å². The van der Waals surface area contributed by atoms with Crippen molar-refractivity contribution in [3.63, 3.8) is 0 Å².